The highest BCUT2D eigenvalue weighted by atomic mass is 19.3. The number of primary amides is 1. The zero-order valence-electron chi connectivity index (χ0n) is 23.6. The number of hydrogen-bond acceptors (Lipinski definition) is 9. The van der Waals surface area contributed by atoms with Crippen LogP contribution in [0.1, 0.15) is 57.8 Å². The van der Waals surface area contributed by atoms with Gasteiger partial charge in [0.05, 0.1) is 11.3 Å². The molecule has 1 fully saturated rings. The Balaban J connectivity index is 1.64. The van der Waals surface area contributed by atoms with Gasteiger partial charge in [0.1, 0.15) is 28.7 Å². The molecule has 2 amide bonds. The molecule has 3 aromatic rings. The monoisotopic (exact) mass is 572 g/mol. The van der Waals surface area contributed by atoms with Gasteiger partial charge in [0.2, 0.25) is 0 Å². The molecule has 11 nitrogen and oxygen atoms in total. The van der Waals surface area contributed by atoms with Crippen LogP contribution in [0.2, 0.25) is 0 Å². The number of carbonyl (C=O) groups is 2. The molecule has 0 bridgehead atoms. The first kappa shape index (κ1) is 29.8. The molecule has 1 aliphatic rings. The predicted octanol–water partition coefficient (Wildman–Crippen LogP) is 4.34. The van der Waals surface area contributed by atoms with Crippen LogP contribution in [0.25, 0.3) is 22.3 Å². The highest BCUT2D eigenvalue weighted by Crippen LogP contribution is 2.33. The fraction of sp³-hybridized carbons (Fsp3) is 0.464. The molecule has 1 aromatic carbocycles. The van der Waals surface area contributed by atoms with Crippen LogP contribution < -0.4 is 15.8 Å². The molecule has 4 rings (SSSR count). The standard InChI is InChI=1S/C28H34F2N6O5/c1-26(2,3)41-25(38)36-12-6-7-17(14-36)34-24-22-21(32-15-33-24)19(23(31)37)13-20(35-22)16-8-10-18(11-9-16)40-28(29,30)27(4,5)39/h8-11,13,15,17,39H,6-7,12,14H2,1-5H3,(H2,31,37)(H,32,33,34)/t17-/m0/s1. The first-order chi connectivity index (χ1) is 19.0. The van der Waals surface area contributed by atoms with E-state index in [2.05, 4.69) is 20.3 Å². The summed E-state index contributed by atoms with van der Waals surface area (Å²) in [5.74, 6) is -0.559. The number of aliphatic hydroxyl groups is 1. The van der Waals surface area contributed by atoms with Crippen molar-refractivity contribution in [2.24, 2.45) is 5.73 Å². The summed E-state index contributed by atoms with van der Waals surface area (Å²) in [6.45, 7) is 8.25. The molecule has 13 heteroatoms. The smallest absolute Gasteiger partial charge is 0.426 e. The van der Waals surface area contributed by atoms with Gasteiger partial charge in [0.15, 0.2) is 11.4 Å². The van der Waals surface area contributed by atoms with E-state index in [4.69, 9.17) is 15.2 Å². The molecule has 3 heterocycles. The molecular weight excluding hydrogens is 538 g/mol. The van der Waals surface area contributed by atoms with Crippen molar-refractivity contribution in [2.45, 2.75) is 70.8 Å². The van der Waals surface area contributed by atoms with Crippen molar-refractivity contribution in [3.05, 3.63) is 42.2 Å². The molecule has 0 radical (unpaired) electrons. The first-order valence-electron chi connectivity index (χ1n) is 13.1. The van der Waals surface area contributed by atoms with Crippen LogP contribution >= 0.6 is 0 Å². The van der Waals surface area contributed by atoms with Crippen molar-refractivity contribution in [1.82, 2.24) is 19.9 Å². The number of fused-ring (bicyclic) bond motifs is 1. The number of ether oxygens (including phenoxy) is 2. The predicted molar refractivity (Wildman–Crippen MR) is 148 cm³/mol. The molecule has 1 atom stereocenters. The van der Waals surface area contributed by atoms with Gasteiger partial charge in [-0.25, -0.2) is 19.7 Å². The number of likely N-dealkylation sites (tertiary alicyclic amines) is 1. The van der Waals surface area contributed by atoms with Crippen LogP contribution in [0.4, 0.5) is 19.4 Å². The second-order valence-electron chi connectivity index (χ2n) is 11.5. The maximum absolute atomic E-state index is 14.1. The summed E-state index contributed by atoms with van der Waals surface area (Å²) in [7, 11) is 0. The third-order valence-corrected chi connectivity index (χ3v) is 6.38. The summed E-state index contributed by atoms with van der Waals surface area (Å²) in [6, 6.07) is 6.88. The average molecular weight is 573 g/mol. The Hall–Kier alpha value is -4.13. The van der Waals surface area contributed by atoms with Crippen LogP contribution in [0, 0.1) is 0 Å². The Morgan fingerprint density at radius 3 is 2.39 bits per heavy atom. The maximum atomic E-state index is 14.1. The minimum Gasteiger partial charge on any atom is -0.444 e. The number of aromatic nitrogens is 3. The average Bonchev–Trinajstić information content (AvgIpc) is 2.87. The van der Waals surface area contributed by atoms with Gasteiger partial charge >= 0.3 is 12.2 Å². The second-order valence-corrected chi connectivity index (χ2v) is 11.5. The summed E-state index contributed by atoms with van der Waals surface area (Å²) in [6.07, 6.45) is -1.44. The zero-order valence-corrected chi connectivity index (χ0v) is 23.6. The zero-order chi connectivity index (χ0) is 30.2. The number of anilines is 1. The Labute approximate surface area is 236 Å². The normalized spacial score (nSPS) is 16.4. The van der Waals surface area contributed by atoms with Gasteiger partial charge < -0.3 is 30.5 Å². The number of halogens is 2. The van der Waals surface area contributed by atoms with Gasteiger partial charge in [0, 0.05) is 24.7 Å². The summed E-state index contributed by atoms with van der Waals surface area (Å²) < 4.78 is 38.5. The number of nitrogens with one attached hydrogen (secondary N) is 1. The number of rotatable bonds is 7. The number of nitrogens with zero attached hydrogens (tertiary/aromatic N) is 4. The lowest BCUT2D eigenvalue weighted by atomic mass is 10.0. The summed E-state index contributed by atoms with van der Waals surface area (Å²) in [5, 5.41) is 13.0. The Morgan fingerprint density at radius 2 is 1.78 bits per heavy atom. The van der Waals surface area contributed by atoms with Gasteiger partial charge in [-0.05, 0) is 77.8 Å². The maximum Gasteiger partial charge on any atom is 0.426 e. The molecule has 0 aliphatic carbocycles. The molecule has 41 heavy (non-hydrogen) atoms. The van der Waals surface area contributed by atoms with Gasteiger partial charge in [-0.15, -0.1) is 0 Å². The quantitative estimate of drug-likeness (QED) is 0.375. The van der Waals surface area contributed by atoms with E-state index in [9.17, 15) is 23.5 Å². The van der Waals surface area contributed by atoms with E-state index in [1.54, 1.807) is 4.90 Å². The third-order valence-electron chi connectivity index (χ3n) is 6.38. The molecule has 0 spiro atoms. The fourth-order valence-corrected chi connectivity index (χ4v) is 4.23. The molecule has 1 saturated heterocycles. The van der Waals surface area contributed by atoms with E-state index in [1.165, 1.54) is 36.7 Å². The number of amides is 2. The van der Waals surface area contributed by atoms with Gasteiger partial charge in [-0.2, -0.15) is 8.78 Å². The molecule has 0 saturated carbocycles. The largest absolute Gasteiger partial charge is 0.444 e. The van der Waals surface area contributed by atoms with Crippen molar-refractivity contribution in [2.75, 3.05) is 18.4 Å². The molecular formula is C28H34F2N6O5. The van der Waals surface area contributed by atoms with Gasteiger partial charge in [-0.3, -0.25) is 4.79 Å². The van der Waals surface area contributed by atoms with Crippen LogP contribution in [-0.2, 0) is 4.74 Å². The number of hydrogen-bond donors (Lipinski definition) is 3. The van der Waals surface area contributed by atoms with Crippen molar-refractivity contribution < 1.29 is 33.0 Å². The van der Waals surface area contributed by atoms with E-state index < -0.39 is 29.3 Å². The molecule has 0 unspecified atom stereocenters. The van der Waals surface area contributed by atoms with E-state index >= 15 is 0 Å². The molecule has 220 valence electrons. The van der Waals surface area contributed by atoms with E-state index in [0.717, 1.165) is 26.7 Å². The number of carbonyl (C=O) groups excluding carboxylic acids is 2. The molecule has 2 aromatic heterocycles. The fourth-order valence-electron chi connectivity index (χ4n) is 4.23. The van der Waals surface area contributed by atoms with E-state index in [-0.39, 0.29) is 28.4 Å². The van der Waals surface area contributed by atoms with Crippen molar-refractivity contribution >= 4 is 28.9 Å². The van der Waals surface area contributed by atoms with Crippen LogP contribution in [0.3, 0.4) is 0 Å². The number of nitrogens with two attached hydrogens (primary N) is 1. The summed E-state index contributed by atoms with van der Waals surface area (Å²) in [5.41, 5.74) is 4.08. The lowest BCUT2D eigenvalue weighted by molar-refractivity contribution is -0.276. The molecule has 1 aliphatic heterocycles. The van der Waals surface area contributed by atoms with E-state index in [1.807, 2.05) is 20.8 Å². The minimum atomic E-state index is -3.83. The number of piperidine rings is 1. The van der Waals surface area contributed by atoms with Crippen LogP contribution in [0.15, 0.2) is 36.7 Å². The van der Waals surface area contributed by atoms with Gasteiger partial charge in [0.25, 0.3) is 5.91 Å². The minimum absolute atomic E-state index is 0.100. The topological polar surface area (TPSA) is 153 Å². The van der Waals surface area contributed by atoms with Crippen LogP contribution in [-0.4, -0.2) is 73.4 Å². The first-order valence-corrected chi connectivity index (χ1v) is 13.1. The number of alkyl halides is 2. The SMILES string of the molecule is CC(C)(C)OC(=O)N1CCC[C@H](Nc2ncnc3c(C(N)=O)cc(-c4ccc(OC(F)(F)C(C)(C)O)cc4)nc23)C1. The summed E-state index contributed by atoms with van der Waals surface area (Å²) in [4.78, 5) is 39.9. The van der Waals surface area contributed by atoms with Crippen molar-refractivity contribution in [3.8, 4) is 17.0 Å². The Morgan fingerprint density at radius 1 is 1.10 bits per heavy atom. The highest BCUT2D eigenvalue weighted by Gasteiger charge is 2.48. The molecule has 4 N–H and O–H groups in total. The van der Waals surface area contributed by atoms with Crippen molar-refractivity contribution in [3.63, 3.8) is 0 Å². The van der Waals surface area contributed by atoms with Crippen molar-refractivity contribution in [1.29, 1.82) is 0 Å². The second kappa shape index (κ2) is 11.0. The number of benzene rings is 1. The Bertz CT molecular complexity index is 1440. The highest BCUT2D eigenvalue weighted by molar-refractivity contribution is 6.06. The van der Waals surface area contributed by atoms with Gasteiger partial charge in [-0.1, -0.05) is 0 Å². The Kier molecular flexibility index (Phi) is 8.03. The number of pyridine rings is 1. The lowest BCUT2D eigenvalue weighted by Crippen LogP contribution is -2.47. The van der Waals surface area contributed by atoms with E-state index in [0.29, 0.717) is 30.2 Å². The summed E-state index contributed by atoms with van der Waals surface area (Å²) >= 11 is 0. The lowest BCUT2D eigenvalue weighted by Gasteiger charge is -2.34. The van der Waals surface area contributed by atoms with Crippen LogP contribution in [0.5, 0.6) is 5.75 Å². The third kappa shape index (κ3) is 6.96.